The Bertz CT molecular complexity index is 988. The van der Waals surface area contributed by atoms with Crippen molar-refractivity contribution in [3.05, 3.63) is 75.6 Å². The molecule has 120 valence electrons. The summed E-state index contributed by atoms with van der Waals surface area (Å²) in [6.07, 6.45) is 0. The molecule has 1 aliphatic heterocycles. The van der Waals surface area contributed by atoms with Gasteiger partial charge in [0.25, 0.3) is 5.91 Å². The smallest absolute Gasteiger partial charge is 0.288 e. The van der Waals surface area contributed by atoms with Crippen LogP contribution in [-0.4, -0.2) is 12.5 Å². The lowest BCUT2D eigenvalue weighted by atomic mass is 9.99. The molecule has 1 aliphatic rings. The lowest BCUT2D eigenvalue weighted by Gasteiger charge is -2.12. The van der Waals surface area contributed by atoms with Gasteiger partial charge in [-0.25, -0.2) is 0 Å². The number of amides is 1. The number of ether oxygens (including phenoxy) is 1. The van der Waals surface area contributed by atoms with Gasteiger partial charge in [-0.1, -0.05) is 24.3 Å². The molecule has 1 aromatic heterocycles. The van der Waals surface area contributed by atoms with Crippen LogP contribution in [0.25, 0.3) is 11.0 Å². The summed E-state index contributed by atoms with van der Waals surface area (Å²) in [6, 6.07) is 13.8. The van der Waals surface area contributed by atoms with Crippen LogP contribution in [0.3, 0.4) is 0 Å². The maximum atomic E-state index is 12.8. The highest BCUT2D eigenvalue weighted by molar-refractivity contribution is 5.98. The molecule has 0 radical (unpaired) electrons. The summed E-state index contributed by atoms with van der Waals surface area (Å²) in [7, 11) is 0. The summed E-state index contributed by atoms with van der Waals surface area (Å²) in [5.74, 6) is 0.473. The van der Waals surface area contributed by atoms with Crippen LogP contribution in [0.4, 0.5) is 0 Å². The van der Waals surface area contributed by atoms with Crippen LogP contribution in [0.1, 0.15) is 34.6 Å². The Labute approximate surface area is 137 Å². The second-order valence-corrected chi connectivity index (χ2v) is 5.58. The van der Waals surface area contributed by atoms with E-state index in [4.69, 9.17) is 9.15 Å². The van der Waals surface area contributed by atoms with Crippen LogP contribution >= 0.6 is 0 Å². The van der Waals surface area contributed by atoms with Crippen molar-refractivity contribution in [1.29, 1.82) is 0 Å². The molecule has 0 bridgehead atoms. The summed E-state index contributed by atoms with van der Waals surface area (Å²) in [5, 5.41) is 3.30. The molecule has 0 fully saturated rings. The predicted molar refractivity (Wildman–Crippen MR) is 89.4 cm³/mol. The van der Waals surface area contributed by atoms with Crippen LogP contribution in [0, 0.1) is 0 Å². The van der Waals surface area contributed by atoms with Gasteiger partial charge in [0.15, 0.2) is 5.43 Å². The van der Waals surface area contributed by atoms with E-state index in [1.165, 1.54) is 0 Å². The Kier molecular flexibility index (Phi) is 3.34. The van der Waals surface area contributed by atoms with Crippen molar-refractivity contribution in [2.75, 3.05) is 6.61 Å². The molecule has 0 spiro atoms. The monoisotopic (exact) mass is 321 g/mol. The minimum absolute atomic E-state index is 0.0950. The molecule has 0 saturated heterocycles. The van der Waals surface area contributed by atoms with Crippen LogP contribution in [0.5, 0.6) is 5.75 Å². The molecule has 1 amide bonds. The molecule has 1 unspecified atom stereocenters. The number of carbonyl (C=O) groups excluding carboxylic acids is 1. The van der Waals surface area contributed by atoms with Crippen LogP contribution in [0.2, 0.25) is 0 Å². The number of para-hydroxylation sites is 1. The van der Waals surface area contributed by atoms with Crippen molar-refractivity contribution in [2.24, 2.45) is 0 Å². The van der Waals surface area contributed by atoms with Gasteiger partial charge in [0.05, 0.1) is 23.6 Å². The molecule has 2 aromatic carbocycles. The van der Waals surface area contributed by atoms with E-state index in [1.54, 1.807) is 24.3 Å². The van der Waals surface area contributed by atoms with Gasteiger partial charge >= 0.3 is 0 Å². The van der Waals surface area contributed by atoms with Crippen LogP contribution in [-0.2, 0) is 0 Å². The predicted octanol–water partition coefficient (Wildman–Crippen LogP) is 3.02. The van der Waals surface area contributed by atoms with Crippen molar-refractivity contribution >= 4 is 16.9 Å². The van der Waals surface area contributed by atoms with Gasteiger partial charge in [-0.15, -0.1) is 0 Å². The van der Waals surface area contributed by atoms with Crippen molar-refractivity contribution < 1.29 is 13.9 Å². The number of hydrogen-bond donors (Lipinski definition) is 1. The van der Waals surface area contributed by atoms with E-state index in [0.29, 0.717) is 23.1 Å². The van der Waals surface area contributed by atoms with E-state index in [9.17, 15) is 9.59 Å². The highest BCUT2D eigenvalue weighted by Gasteiger charge is 2.35. The zero-order valence-electron chi connectivity index (χ0n) is 13.0. The standard InChI is InChI=1S/C19H15NO4/c1-2-23-12-9-7-11(8-10-12)16-15-17(21)13-5-3-4-6-14(13)24-18(15)19(22)20-16/h3-10,16H,2H2,1H3,(H,20,22). The average molecular weight is 321 g/mol. The molecule has 5 heteroatoms. The number of fused-ring (bicyclic) bond motifs is 2. The van der Waals surface area contributed by atoms with Gasteiger partial charge in [0.2, 0.25) is 5.76 Å². The quantitative estimate of drug-likeness (QED) is 0.805. The van der Waals surface area contributed by atoms with Crippen LogP contribution in [0.15, 0.2) is 57.7 Å². The second kappa shape index (κ2) is 5.53. The fourth-order valence-electron chi connectivity index (χ4n) is 3.03. The zero-order valence-corrected chi connectivity index (χ0v) is 13.0. The minimum Gasteiger partial charge on any atom is -0.494 e. The van der Waals surface area contributed by atoms with Gasteiger partial charge in [-0.2, -0.15) is 0 Å². The largest absolute Gasteiger partial charge is 0.494 e. The third kappa shape index (κ3) is 2.17. The van der Waals surface area contributed by atoms with E-state index in [-0.39, 0.29) is 17.1 Å². The fraction of sp³-hybridized carbons (Fsp3) is 0.158. The summed E-state index contributed by atoms with van der Waals surface area (Å²) in [5.41, 5.74) is 1.42. The van der Waals surface area contributed by atoms with Crippen molar-refractivity contribution in [2.45, 2.75) is 13.0 Å². The highest BCUT2D eigenvalue weighted by Crippen LogP contribution is 2.31. The zero-order chi connectivity index (χ0) is 16.7. The number of nitrogens with one attached hydrogen (secondary N) is 1. The van der Waals surface area contributed by atoms with Crippen LogP contribution < -0.4 is 15.5 Å². The highest BCUT2D eigenvalue weighted by atomic mass is 16.5. The maximum absolute atomic E-state index is 12.8. The molecule has 0 aliphatic carbocycles. The number of hydrogen-bond acceptors (Lipinski definition) is 4. The normalized spacial score (nSPS) is 16.0. The van der Waals surface area contributed by atoms with E-state index in [1.807, 2.05) is 31.2 Å². The minimum atomic E-state index is -0.510. The van der Waals surface area contributed by atoms with Gasteiger partial charge in [-0.05, 0) is 36.8 Å². The van der Waals surface area contributed by atoms with Gasteiger partial charge in [0.1, 0.15) is 11.3 Å². The molecular weight excluding hydrogens is 306 g/mol. The Balaban J connectivity index is 1.86. The lowest BCUT2D eigenvalue weighted by Crippen LogP contribution is -2.21. The summed E-state index contributed by atoms with van der Waals surface area (Å²) in [4.78, 5) is 25.1. The molecule has 4 rings (SSSR count). The van der Waals surface area contributed by atoms with E-state index >= 15 is 0 Å². The molecule has 1 N–H and O–H groups in total. The molecule has 1 atom stereocenters. The first-order chi connectivity index (χ1) is 11.7. The number of carbonyl (C=O) groups is 1. The Morgan fingerprint density at radius 2 is 1.83 bits per heavy atom. The lowest BCUT2D eigenvalue weighted by molar-refractivity contribution is 0.0938. The molecule has 3 aromatic rings. The maximum Gasteiger partial charge on any atom is 0.288 e. The second-order valence-electron chi connectivity index (χ2n) is 5.58. The first kappa shape index (κ1) is 14.5. The fourth-order valence-corrected chi connectivity index (χ4v) is 3.03. The topological polar surface area (TPSA) is 68.5 Å². The van der Waals surface area contributed by atoms with Gasteiger partial charge in [0, 0.05) is 0 Å². The third-order valence-electron chi connectivity index (χ3n) is 4.13. The first-order valence-corrected chi connectivity index (χ1v) is 7.78. The SMILES string of the molecule is CCOc1ccc(C2NC(=O)c3oc4ccccc4c(=O)c32)cc1. The molecular formula is C19H15NO4. The average Bonchev–Trinajstić information content (AvgIpc) is 2.93. The summed E-state index contributed by atoms with van der Waals surface area (Å²) < 4.78 is 11.1. The molecule has 24 heavy (non-hydrogen) atoms. The van der Waals surface area contributed by atoms with Crippen molar-refractivity contribution in [3.63, 3.8) is 0 Å². The van der Waals surface area contributed by atoms with Crippen molar-refractivity contribution in [1.82, 2.24) is 5.32 Å². The number of rotatable bonds is 3. The van der Waals surface area contributed by atoms with Gasteiger partial charge in [-0.3, -0.25) is 9.59 Å². The summed E-state index contributed by atoms with van der Waals surface area (Å²) in [6.45, 7) is 2.50. The van der Waals surface area contributed by atoms with E-state index in [2.05, 4.69) is 5.32 Å². The van der Waals surface area contributed by atoms with E-state index in [0.717, 1.165) is 11.3 Å². The Morgan fingerprint density at radius 1 is 1.08 bits per heavy atom. The first-order valence-electron chi connectivity index (χ1n) is 7.78. The van der Waals surface area contributed by atoms with E-state index < -0.39 is 6.04 Å². The molecule has 5 nitrogen and oxygen atoms in total. The number of benzene rings is 2. The molecule has 0 saturated carbocycles. The van der Waals surface area contributed by atoms with Gasteiger partial charge < -0.3 is 14.5 Å². The Morgan fingerprint density at radius 3 is 2.58 bits per heavy atom. The third-order valence-corrected chi connectivity index (χ3v) is 4.13. The summed E-state index contributed by atoms with van der Waals surface area (Å²) >= 11 is 0. The van der Waals surface area contributed by atoms with Crippen molar-refractivity contribution in [3.8, 4) is 5.75 Å². The molecule has 2 heterocycles. The Hall–Kier alpha value is -3.08.